The first-order valence-electron chi connectivity index (χ1n) is 7.79. The van der Waals surface area contributed by atoms with Gasteiger partial charge in [0.05, 0.1) is 19.1 Å². The first-order chi connectivity index (χ1) is 10.2. The molecule has 0 radical (unpaired) electrons. The van der Waals surface area contributed by atoms with Gasteiger partial charge in [-0.3, -0.25) is 9.69 Å². The van der Waals surface area contributed by atoms with E-state index in [1.807, 2.05) is 0 Å². The third-order valence-electron chi connectivity index (χ3n) is 4.97. The predicted octanol–water partition coefficient (Wildman–Crippen LogP) is 2.49. The Balaban J connectivity index is 1.87. The normalized spacial score (nSPS) is 29.1. The molecule has 0 spiro atoms. The van der Waals surface area contributed by atoms with E-state index in [0.29, 0.717) is 19.3 Å². The molecular formula is C17H23NO3. The fraction of sp³-hybridized carbons (Fsp3) is 0.588. The molecule has 1 fully saturated rings. The molecular weight excluding hydrogens is 266 g/mol. The Labute approximate surface area is 125 Å². The van der Waals surface area contributed by atoms with Crippen LogP contribution in [-0.4, -0.2) is 42.3 Å². The van der Waals surface area contributed by atoms with Crippen LogP contribution in [0.25, 0.3) is 0 Å². The number of carbonyl (C=O) groups is 1. The zero-order chi connectivity index (χ0) is 14.8. The standard InChI is InChI=1S/C17H23NO3/c1-18(16-11-21-10-14(16)17(19)20)15-9-5-3-7-12-6-2-4-8-13(12)15/h2,4,6,8,14-16H,3,5,7,9-11H2,1H3,(H,19,20). The largest absolute Gasteiger partial charge is 0.481 e. The van der Waals surface area contributed by atoms with Crippen molar-refractivity contribution in [2.24, 2.45) is 5.92 Å². The third-order valence-corrected chi connectivity index (χ3v) is 4.97. The Bertz CT molecular complexity index is 517. The van der Waals surface area contributed by atoms with E-state index < -0.39 is 11.9 Å². The van der Waals surface area contributed by atoms with Gasteiger partial charge in [0, 0.05) is 12.1 Å². The Kier molecular flexibility index (Phi) is 4.27. The van der Waals surface area contributed by atoms with Crippen molar-refractivity contribution in [3.63, 3.8) is 0 Å². The van der Waals surface area contributed by atoms with Gasteiger partial charge in [-0.05, 0) is 37.4 Å². The molecule has 1 N–H and O–H groups in total. The number of benzene rings is 1. The second-order valence-corrected chi connectivity index (χ2v) is 6.18. The van der Waals surface area contributed by atoms with Gasteiger partial charge < -0.3 is 9.84 Å². The molecule has 1 aromatic rings. The highest BCUT2D eigenvalue weighted by Crippen LogP contribution is 2.35. The van der Waals surface area contributed by atoms with E-state index in [-0.39, 0.29) is 6.04 Å². The zero-order valence-electron chi connectivity index (χ0n) is 12.5. The van der Waals surface area contributed by atoms with Crippen molar-refractivity contribution in [2.45, 2.75) is 37.8 Å². The third kappa shape index (κ3) is 2.83. The fourth-order valence-corrected chi connectivity index (χ4v) is 3.73. The second-order valence-electron chi connectivity index (χ2n) is 6.18. The summed E-state index contributed by atoms with van der Waals surface area (Å²) in [6.45, 7) is 0.852. The summed E-state index contributed by atoms with van der Waals surface area (Å²) < 4.78 is 5.44. The summed E-state index contributed by atoms with van der Waals surface area (Å²) >= 11 is 0. The molecule has 0 aromatic heterocycles. The number of likely N-dealkylation sites (N-methyl/N-ethyl adjacent to an activating group) is 1. The van der Waals surface area contributed by atoms with Gasteiger partial charge >= 0.3 is 5.97 Å². The summed E-state index contributed by atoms with van der Waals surface area (Å²) in [5.74, 6) is -1.16. The number of nitrogens with zero attached hydrogens (tertiary/aromatic N) is 1. The number of ether oxygens (including phenoxy) is 1. The molecule has 3 rings (SSSR count). The molecule has 0 amide bonds. The first-order valence-corrected chi connectivity index (χ1v) is 7.79. The number of hydrogen-bond acceptors (Lipinski definition) is 3. The van der Waals surface area contributed by atoms with Gasteiger partial charge in [-0.25, -0.2) is 0 Å². The molecule has 2 aliphatic rings. The minimum Gasteiger partial charge on any atom is -0.481 e. The van der Waals surface area contributed by atoms with Crippen LogP contribution in [0.15, 0.2) is 24.3 Å². The van der Waals surface area contributed by atoms with Crippen molar-refractivity contribution in [1.82, 2.24) is 4.90 Å². The van der Waals surface area contributed by atoms with E-state index in [0.717, 1.165) is 12.8 Å². The highest BCUT2D eigenvalue weighted by molar-refractivity contribution is 5.71. The summed E-state index contributed by atoms with van der Waals surface area (Å²) in [4.78, 5) is 13.7. The summed E-state index contributed by atoms with van der Waals surface area (Å²) in [7, 11) is 2.06. The lowest BCUT2D eigenvalue weighted by atomic mass is 9.94. The lowest BCUT2D eigenvalue weighted by molar-refractivity contribution is -0.143. The van der Waals surface area contributed by atoms with E-state index in [1.54, 1.807) is 0 Å². The highest BCUT2D eigenvalue weighted by Gasteiger charge is 2.39. The maximum absolute atomic E-state index is 11.4. The predicted molar refractivity (Wildman–Crippen MR) is 80.2 cm³/mol. The Morgan fingerprint density at radius 1 is 1.29 bits per heavy atom. The number of hydrogen-bond donors (Lipinski definition) is 1. The van der Waals surface area contributed by atoms with Gasteiger partial charge in [-0.15, -0.1) is 0 Å². The van der Waals surface area contributed by atoms with E-state index in [1.165, 1.54) is 24.0 Å². The lowest BCUT2D eigenvalue weighted by Gasteiger charge is -2.34. The minimum absolute atomic E-state index is 0.0290. The first kappa shape index (κ1) is 14.5. The summed E-state index contributed by atoms with van der Waals surface area (Å²) in [5, 5.41) is 9.38. The fourth-order valence-electron chi connectivity index (χ4n) is 3.73. The van der Waals surface area contributed by atoms with Crippen molar-refractivity contribution in [1.29, 1.82) is 0 Å². The van der Waals surface area contributed by atoms with Gasteiger partial charge in [0.2, 0.25) is 0 Å². The summed E-state index contributed by atoms with van der Waals surface area (Å²) in [5.41, 5.74) is 2.78. The quantitative estimate of drug-likeness (QED) is 0.869. The van der Waals surface area contributed by atoms with Crippen molar-refractivity contribution in [2.75, 3.05) is 20.3 Å². The molecule has 21 heavy (non-hydrogen) atoms. The number of fused-ring (bicyclic) bond motifs is 1. The van der Waals surface area contributed by atoms with E-state index in [2.05, 4.69) is 36.2 Å². The number of carboxylic acids is 1. The maximum Gasteiger partial charge on any atom is 0.310 e. The molecule has 1 aliphatic heterocycles. The van der Waals surface area contributed by atoms with Crippen LogP contribution in [0.5, 0.6) is 0 Å². The average molecular weight is 289 g/mol. The zero-order valence-corrected chi connectivity index (χ0v) is 12.5. The van der Waals surface area contributed by atoms with Crippen LogP contribution >= 0.6 is 0 Å². The molecule has 114 valence electrons. The van der Waals surface area contributed by atoms with E-state index in [9.17, 15) is 9.90 Å². The van der Waals surface area contributed by atoms with Crippen molar-refractivity contribution >= 4 is 5.97 Å². The van der Waals surface area contributed by atoms with Crippen LogP contribution < -0.4 is 0 Å². The molecule has 4 heteroatoms. The Morgan fingerprint density at radius 2 is 2.10 bits per heavy atom. The molecule has 1 aliphatic carbocycles. The average Bonchev–Trinajstić information content (AvgIpc) is 2.88. The van der Waals surface area contributed by atoms with Crippen LogP contribution in [0, 0.1) is 5.92 Å². The molecule has 1 aromatic carbocycles. The Hall–Kier alpha value is -1.39. The molecule has 0 saturated carbocycles. The van der Waals surface area contributed by atoms with Crippen molar-refractivity contribution < 1.29 is 14.6 Å². The highest BCUT2D eigenvalue weighted by atomic mass is 16.5. The van der Waals surface area contributed by atoms with Gasteiger partial charge in [0.1, 0.15) is 0 Å². The molecule has 4 nitrogen and oxygen atoms in total. The van der Waals surface area contributed by atoms with Crippen molar-refractivity contribution in [3.05, 3.63) is 35.4 Å². The monoisotopic (exact) mass is 289 g/mol. The number of rotatable bonds is 3. The van der Waals surface area contributed by atoms with Crippen LogP contribution in [0.3, 0.4) is 0 Å². The molecule has 1 saturated heterocycles. The molecule has 3 unspecified atom stereocenters. The van der Waals surface area contributed by atoms with Gasteiger partial charge in [0.25, 0.3) is 0 Å². The number of aryl methyl sites for hydroxylation is 1. The maximum atomic E-state index is 11.4. The minimum atomic E-state index is -0.744. The van der Waals surface area contributed by atoms with Crippen molar-refractivity contribution in [3.8, 4) is 0 Å². The van der Waals surface area contributed by atoms with Gasteiger partial charge in [-0.2, -0.15) is 0 Å². The van der Waals surface area contributed by atoms with E-state index >= 15 is 0 Å². The van der Waals surface area contributed by atoms with Crippen LogP contribution in [0.4, 0.5) is 0 Å². The van der Waals surface area contributed by atoms with Crippen LogP contribution in [0.1, 0.15) is 36.4 Å². The number of aliphatic carboxylic acids is 1. The molecule has 0 bridgehead atoms. The molecule has 3 atom stereocenters. The Morgan fingerprint density at radius 3 is 2.90 bits per heavy atom. The topological polar surface area (TPSA) is 49.8 Å². The van der Waals surface area contributed by atoms with Crippen LogP contribution in [0.2, 0.25) is 0 Å². The number of carboxylic acid groups (broad SMARTS) is 1. The lowest BCUT2D eigenvalue weighted by Crippen LogP contribution is -2.42. The van der Waals surface area contributed by atoms with Crippen LogP contribution in [-0.2, 0) is 16.0 Å². The molecule has 1 heterocycles. The smallest absolute Gasteiger partial charge is 0.310 e. The van der Waals surface area contributed by atoms with Gasteiger partial charge in [-0.1, -0.05) is 30.7 Å². The summed E-state index contributed by atoms with van der Waals surface area (Å²) in [6.07, 6.45) is 4.63. The second kappa shape index (κ2) is 6.16. The SMILES string of the molecule is CN(C1CCCCc2ccccc21)C1COCC1C(=O)O. The summed E-state index contributed by atoms with van der Waals surface area (Å²) in [6, 6.07) is 8.87. The van der Waals surface area contributed by atoms with Gasteiger partial charge in [0.15, 0.2) is 0 Å². The van der Waals surface area contributed by atoms with E-state index in [4.69, 9.17) is 4.74 Å².